The highest BCUT2D eigenvalue weighted by atomic mass is 16.1. The third-order valence-corrected chi connectivity index (χ3v) is 3.08. The Bertz CT molecular complexity index is 670. The van der Waals surface area contributed by atoms with Gasteiger partial charge in [0.15, 0.2) is 0 Å². The normalized spacial score (nSPS) is 16.1. The number of hydrogen-bond acceptors (Lipinski definition) is 3. The zero-order valence-electron chi connectivity index (χ0n) is 9.09. The second kappa shape index (κ2) is 3.55. The van der Waals surface area contributed by atoms with E-state index < -0.39 is 0 Å². The Labute approximate surface area is 98.7 Å². The van der Waals surface area contributed by atoms with E-state index in [1.54, 1.807) is 16.7 Å². The minimum absolute atomic E-state index is 0.0465. The van der Waals surface area contributed by atoms with Crippen molar-refractivity contribution in [2.45, 2.75) is 18.9 Å². The molecule has 2 aromatic heterocycles. The lowest BCUT2D eigenvalue weighted by molar-refractivity contribution is -0.126. The van der Waals surface area contributed by atoms with Gasteiger partial charge in [-0.25, -0.2) is 4.98 Å². The summed E-state index contributed by atoms with van der Waals surface area (Å²) in [5.74, 6) is 0.189. The van der Waals surface area contributed by atoms with Crippen LogP contribution in [-0.4, -0.2) is 23.2 Å². The number of carbonyl (C=O) groups is 1. The van der Waals surface area contributed by atoms with Gasteiger partial charge in [0, 0.05) is 30.5 Å². The van der Waals surface area contributed by atoms with Crippen molar-refractivity contribution in [3.05, 3.63) is 34.7 Å². The third kappa shape index (κ3) is 1.58. The third-order valence-electron chi connectivity index (χ3n) is 3.08. The van der Waals surface area contributed by atoms with Crippen molar-refractivity contribution in [2.75, 3.05) is 0 Å². The lowest BCUT2D eigenvalue weighted by Gasteiger charge is -2.27. The Kier molecular flexibility index (Phi) is 2.14. The van der Waals surface area contributed by atoms with Crippen molar-refractivity contribution in [3.63, 3.8) is 0 Å². The van der Waals surface area contributed by atoms with Gasteiger partial charge < -0.3 is 0 Å². The number of carbonyl (C=O) groups excluding carboxylic acids is 1. The van der Waals surface area contributed by atoms with Crippen molar-refractivity contribution < 1.29 is 4.79 Å². The molecule has 1 aliphatic carbocycles. The summed E-state index contributed by atoms with van der Waals surface area (Å²) >= 11 is 0. The molecule has 2 radical (unpaired) electrons. The fourth-order valence-corrected chi connectivity index (χ4v) is 2.16. The molecule has 5 heteroatoms. The van der Waals surface area contributed by atoms with Crippen LogP contribution in [-0.2, 0) is 4.79 Å². The Balaban J connectivity index is 2.24. The number of hydrogen-bond donors (Lipinski definition) is 0. The molecule has 2 aromatic rings. The molecule has 0 aromatic carbocycles. The summed E-state index contributed by atoms with van der Waals surface area (Å²) in [6.07, 6.45) is 2.37. The highest BCUT2D eigenvalue weighted by molar-refractivity contribution is 6.32. The predicted octanol–water partition coefficient (Wildman–Crippen LogP) is 0.0943. The summed E-state index contributed by atoms with van der Waals surface area (Å²) < 4.78 is 1.59. The van der Waals surface area contributed by atoms with E-state index in [0.29, 0.717) is 24.0 Å². The van der Waals surface area contributed by atoms with E-state index in [1.165, 1.54) is 12.3 Å². The van der Waals surface area contributed by atoms with Crippen molar-refractivity contribution in [1.29, 1.82) is 0 Å². The molecule has 3 rings (SSSR count). The minimum Gasteiger partial charge on any atom is -0.300 e. The summed E-state index contributed by atoms with van der Waals surface area (Å²) in [5.41, 5.74) is 1.05. The summed E-state index contributed by atoms with van der Waals surface area (Å²) in [4.78, 5) is 27.1. The van der Waals surface area contributed by atoms with Gasteiger partial charge in [-0.05, 0) is 6.07 Å². The monoisotopic (exact) mass is 224 g/mol. The molecule has 1 saturated carbocycles. The van der Waals surface area contributed by atoms with Crippen LogP contribution in [0, 0.1) is 0 Å². The van der Waals surface area contributed by atoms with Crippen molar-refractivity contribution in [3.8, 4) is 0 Å². The zero-order valence-corrected chi connectivity index (χ0v) is 9.09. The standard InChI is InChI=1S/C12H9BN2O2/c13-8-3-7-1-2-11(17)15(12(7)14-6-8)9-4-10(16)5-9/h1-3,6,9H,4-5H2. The first-order chi connectivity index (χ1) is 8.15. The SMILES string of the molecule is [B]c1cnc2c(ccc(=O)n2C2CC(=O)C2)c1. The zero-order chi connectivity index (χ0) is 12.0. The Morgan fingerprint density at radius 1 is 1.29 bits per heavy atom. The van der Waals surface area contributed by atoms with E-state index in [9.17, 15) is 9.59 Å². The van der Waals surface area contributed by atoms with E-state index >= 15 is 0 Å². The first-order valence-corrected chi connectivity index (χ1v) is 5.43. The number of Topliss-reactive ketones (excluding diaryl/α,β-unsaturated/α-hetero) is 1. The number of fused-ring (bicyclic) bond motifs is 1. The van der Waals surface area contributed by atoms with Crippen LogP contribution in [0.2, 0.25) is 0 Å². The van der Waals surface area contributed by atoms with Crippen LogP contribution >= 0.6 is 0 Å². The van der Waals surface area contributed by atoms with Gasteiger partial charge in [0.1, 0.15) is 19.3 Å². The maximum atomic E-state index is 11.8. The van der Waals surface area contributed by atoms with Crippen LogP contribution in [0.5, 0.6) is 0 Å². The Morgan fingerprint density at radius 2 is 2.06 bits per heavy atom. The summed E-state index contributed by atoms with van der Waals surface area (Å²) in [6, 6.07) is 4.93. The number of aromatic nitrogens is 2. The molecule has 2 heterocycles. The lowest BCUT2D eigenvalue weighted by atomic mass is 9.90. The Morgan fingerprint density at radius 3 is 2.76 bits per heavy atom. The van der Waals surface area contributed by atoms with E-state index in [1.807, 2.05) is 0 Å². The van der Waals surface area contributed by atoms with Crippen LogP contribution in [0.25, 0.3) is 11.0 Å². The molecule has 0 N–H and O–H groups in total. The lowest BCUT2D eigenvalue weighted by Crippen LogP contribution is -2.34. The molecule has 1 aliphatic rings. The second-order valence-electron chi connectivity index (χ2n) is 4.32. The van der Waals surface area contributed by atoms with Crippen LogP contribution < -0.4 is 11.0 Å². The van der Waals surface area contributed by atoms with Gasteiger partial charge in [0.25, 0.3) is 5.56 Å². The maximum absolute atomic E-state index is 11.8. The first kappa shape index (κ1) is 10.3. The molecule has 0 unspecified atom stereocenters. The average molecular weight is 224 g/mol. The number of nitrogens with zero attached hydrogens (tertiary/aromatic N) is 2. The van der Waals surface area contributed by atoms with Crippen LogP contribution in [0.1, 0.15) is 18.9 Å². The van der Waals surface area contributed by atoms with Crippen LogP contribution in [0.3, 0.4) is 0 Å². The second-order valence-corrected chi connectivity index (χ2v) is 4.32. The van der Waals surface area contributed by atoms with Gasteiger partial charge in [0.2, 0.25) is 0 Å². The van der Waals surface area contributed by atoms with Crippen LogP contribution in [0.4, 0.5) is 0 Å². The fourth-order valence-electron chi connectivity index (χ4n) is 2.16. The number of pyridine rings is 2. The van der Waals surface area contributed by atoms with E-state index in [4.69, 9.17) is 7.85 Å². The maximum Gasteiger partial charge on any atom is 0.252 e. The van der Waals surface area contributed by atoms with Gasteiger partial charge in [0.05, 0.1) is 6.04 Å². The molecule has 0 saturated heterocycles. The molecule has 0 atom stereocenters. The molecule has 0 bridgehead atoms. The summed E-state index contributed by atoms with van der Waals surface area (Å²) in [5, 5.41) is 0.823. The number of ketones is 1. The highest BCUT2D eigenvalue weighted by Crippen LogP contribution is 2.28. The van der Waals surface area contributed by atoms with Gasteiger partial charge >= 0.3 is 0 Å². The molecule has 0 amide bonds. The predicted molar refractivity (Wildman–Crippen MR) is 64.7 cm³/mol. The summed E-state index contributed by atoms with van der Waals surface area (Å²) in [6.45, 7) is 0. The van der Waals surface area contributed by atoms with Crippen molar-refractivity contribution in [2.24, 2.45) is 0 Å². The molecule has 0 aliphatic heterocycles. The van der Waals surface area contributed by atoms with E-state index in [-0.39, 0.29) is 17.4 Å². The van der Waals surface area contributed by atoms with Crippen molar-refractivity contribution in [1.82, 2.24) is 9.55 Å². The van der Waals surface area contributed by atoms with Crippen molar-refractivity contribution >= 4 is 30.1 Å². The molecule has 17 heavy (non-hydrogen) atoms. The minimum atomic E-state index is -0.118. The fraction of sp³-hybridized carbons (Fsp3) is 0.250. The molecular formula is C12H9BN2O2. The van der Waals surface area contributed by atoms with E-state index in [0.717, 1.165) is 5.39 Å². The molecule has 1 fully saturated rings. The largest absolute Gasteiger partial charge is 0.300 e. The van der Waals surface area contributed by atoms with Gasteiger partial charge in [-0.15, -0.1) is 0 Å². The Hall–Kier alpha value is -1.91. The molecule has 82 valence electrons. The quantitative estimate of drug-likeness (QED) is 0.645. The topological polar surface area (TPSA) is 52.0 Å². The van der Waals surface area contributed by atoms with Gasteiger partial charge in [-0.1, -0.05) is 11.5 Å². The van der Waals surface area contributed by atoms with E-state index in [2.05, 4.69) is 4.98 Å². The smallest absolute Gasteiger partial charge is 0.252 e. The first-order valence-electron chi connectivity index (χ1n) is 5.43. The number of rotatable bonds is 1. The average Bonchev–Trinajstić information content (AvgIpc) is 2.26. The van der Waals surface area contributed by atoms with Gasteiger partial charge in [-0.3, -0.25) is 14.2 Å². The molecular weight excluding hydrogens is 215 g/mol. The molecule has 0 spiro atoms. The molecule has 4 nitrogen and oxygen atoms in total. The summed E-state index contributed by atoms with van der Waals surface area (Å²) in [7, 11) is 5.65. The van der Waals surface area contributed by atoms with Gasteiger partial charge in [-0.2, -0.15) is 0 Å². The van der Waals surface area contributed by atoms with Crippen LogP contribution in [0.15, 0.2) is 29.2 Å². The highest BCUT2D eigenvalue weighted by Gasteiger charge is 2.29.